The number of pyridine rings is 1. The van der Waals surface area contributed by atoms with Gasteiger partial charge in [0.1, 0.15) is 5.75 Å². The third-order valence-corrected chi connectivity index (χ3v) is 2.54. The molecule has 0 bridgehead atoms. The summed E-state index contributed by atoms with van der Waals surface area (Å²) in [5.41, 5.74) is -0.774. The molecule has 0 atom stereocenters. The highest BCUT2D eigenvalue weighted by molar-refractivity contribution is 6.30. The van der Waals surface area contributed by atoms with Crippen LogP contribution in [0.15, 0.2) is 36.4 Å². The third kappa shape index (κ3) is 3.01. The van der Waals surface area contributed by atoms with Gasteiger partial charge in [-0.2, -0.15) is 4.98 Å². The molecule has 0 saturated carbocycles. The monoisotopic (exact) mass is 294 g/mol. The molecule has 2 aromatic rings. The molecule has 7 nitrogen and oxygen atoms in total. The number of hydrogen-bond acceptors (Lipinski definition) is 5. The number of carboxylic acids is 1. The van der Waals surface area contributed by atoms with E-state index in [2.05, 4.69) is 4.98 Å². The minimum atomic E-state index is -1.30. The van der Waals surface area contributed by atoms with Crippen LogP contribution in [0.25, 0.3) is 0 Å². The maximum absolute atomic E-state index is 10.9. The van der Waals surface area contributed by atoms with E-state index in [9.17, 15) is 14.9 Å². The molecule has 0 spiro atoms. The number of carbonyl (C=O) groups is 1. The highest BCUT2D eigenvalue weighted by atomic mass is 35.5. The van der Waals surface area contributed by atoms with Crippen LogP contribution < -0.4 is 4.74 Å². The summed E-state index contributed by atoms with van der Waals surface area (Å²) in [6.07, 6.45) is 0. The van der Waals surface area contributed by atoms with Gasteiger partial charge >= 0.3 is 11.7 Å². The minimum Gasteiger partial charge on any atom is -0.477 e. The van der Waals surface area contributed by atoms with Crippen LogP contribution in [-0.4, -0.2) is 21.0 Å². The van der Waals surface area contributed by atoms with Gasteiger partial charge in [-0.25, -0.2) is 4.79 Å². The van der Waals surface area contributed by atoms with E-state index in [1.54, 1.807) is 0 Å². The summed E-state index contributed by atoms with van der Waals surface area (Å²) in [6, 6.07) is 8.10. The first kappa shape index (κ1) is 13.8. The fourth-order valence-electron chi connectivity index (χ4n) is 1.38. The van der Waals surface area contributed by atoms with Gasteiger partial charge in [0, 0.05) is 11.1 Å². The summed E-state index contributed by atoms with van der Waals surface area (Å²) in [5, 5.41) is 20.2. The van der Waals surface area contributed by atoms with E-state index in [1.807, 2.05) is 0 Å². The fourth-order valence-corrected chi connectivity index (χ4v) is 1.51. The summed E-state index contributed by atoms with van der Waals surface area (Å²) in [4.78, 5) is 24.6. The molecule has 0 aliphatic carbocycles. The molecule has 1 N–H and O–H groups in total. The Bertz CT molecular complexity index is 672. The molecule has 0 aliphatic heterocycles. The van der Waals surface area contributed by atoms with E-state index < -0.39 is 22.5 Å². The van der Waals surface area contributed by atoms with Crippen molar-refractivity contribution in [2.75, 3.05) is 0 Å². The Morgan fingerprint density at radius 2 is 1.90 bits per heavy atom. The number of aromatic nitrogens is 1. The van der Waals surface area contributed by atoms with Crippen LogP contribution in [0, 0.1) is 10.1 Å². The smallest absolute Gasteiger partial charge is 0.354 e. The number of carboxylic acid groups (broad SMARTS) is 1. The highest BCUT2D eigenvalue weighted by Gasteiger charge is 2.20. The lowest BCUT2D eigenvalue weighted by Gasteiger charge is -2.06. The lowest BCUT2D eigenvalue weighted by Crippen LogP contribution is -2.03. The second-order valence-corrected chi connectivity index (χ2v) is 4.08. The number of halogens is 1. The van der Waals surface area contributed by atoms with Crippen molar-refractivity contribution in [2.45, 2.75) is 0 Å². The zero-order valence-corrected chi connectivity index (χ0v) is 10.6. The molecule has 1 aromatic carbocycles. The maximum Gasteiger partial charge on any atom is 0.354 e. The molecular formula is C12H7ClN2O5. The van der Waals surface area contributed by atoms with Gasteiger partial charge in [-0.1, -0.05) is 11.6 Å². The Balaban J connectivity index is 2.41. The molecule has 0 amide bonds. The van der Waals surface area contributed by atoms with E-state index in [0.29, 0.717) is 5.02 Å². The number of rotatable bonds is 4. The van der Waals surface area contributed by atoms with Crippen LogP contribution in [0.2, 0.25) is 5.02 Å². The van der Waals surface area contributed by atoms with Crippen molar-refractivity contribution in [3.63, 3.8) is 0 Å². The summed E-state index contributed by atoms with van der Waals surface area (Å²) in [6.45, 7) is 0. The fraction of sp³-hybridized carbons (Fsp3) is 0. The Morgan fingerprint density at radius 3 is 2.45 bits per heavy atom. The average molecular weight is 295 g/mol. The van der Waals surface area contributed by atoms with Crippen molar-refractivity contribution >= 4 is 23.3 Å². The molecule has 0 fully saturated rings. The molecule has 2 rings (SSSR count). The quantitative estimate of drug-likeness (QED) is 0.686. The van der Waals surface area contributed by atoms with Gasteiger partial charge in [0.25, 0.3) is 5.88 Å². The van der Waals surface area contributed by atoms with E-state index in [0.717, 1.165) is 12.1 Å². The van der Waals surface area contributed by atoms with E-state index in [4.69, 9.17) is 21.4 Å². The predicted molar refractivity (Wildman–Crippen MR) is 69.4 cm³/mol. The predicted octanol–water partition coefficient (Wildman–Crippen LogP) is 3.13. The Kier molecular flexibility index (Phi) is 3.81. The summed E-state index contributed by atoms with van der Waals surface area (Å²) < 4.78 is 5.24. The molecule has 20 heavy (non-hydrogen) atoms. The van der Waals surface area contributed by atoms with Gasteiger partial charge in [-0.05, 0) is 30.3 Å². The molecule has 0 aliphatic rings. The van der Waals surface area contributed by atoms with Crippen LogP contribution in [0.4, 0.5) is 5.69 Å². The van der Waals surface area contributed by atoms with Crippen molar-refractivity contribution in [3.8, 4) is 11.6 Å². The first-order chi connectivity index (χ1) is 9.47. The zero-order valence-electron chi connectivity index (χ0n) is 9.82. The Morgan fingerprint density at radius 1 is 1.25 bits per heavy atom. The van der Waals surface area contributed by atoms with Crippen LogP contribution in [0.1, 0.15) is 10.5 Å². The molecular weight excluding hydrogens is 288 g/mol. The first-order valence-corrected chi connectivity index (χ1v) is 5.67. The van der Waals surface area contributed by atoms with Crippen LogP contribution >= 0.6 is 11.6 Å². The van der Waals surface area contributed by atoms with Crippen LogP contribution in [0.5, 0.6) is 11.6 Å². The molecule has 1 heterocycles. The van der Waals surface area contributed by atoms with Crippen molar-refractivity contribution in [3.05, 3.63) is 57.2 Å². The van der Waals surface area contributed by atoms with Crippen LogP contribution in [-0.2, 0) is 0 Å². The van der Waals surface area contributed by atoms with E-state index in [1.165, 1.54) is 24.3 Å². The van der Waals surface area contributed by atoms with E-state index in [-0.39, 0.29) is 11.4 Å². The number of hydrogen-bond donors (Lipinski definition) is 1. The van der Waals surface area contributed by atoms with Gasteiger partial charge in [0.2, 0.25) is 0 Å². The van der Waals surface area contributed by atoms with E-state index >= 15 is 0 Å². The number of ether oxygens (including phenoxy) is 1. The molecule has 1 aromatic heterocycles. The maximum atomic E-state index is 10.9. The van der Waals surface area contributed by atoms with Gasteiger partial charge in [0.05, 0.1) is 4.92 Å². The van der Waals surface area contributed by atoms with Crippen molar-refractivity contribution in [1.29, 1.82) is 0 Å². The first-order valence-electron chi connectivity index (χ1n) is 5.29. The van der Waals surface area contributed by atoms with Crippen molar-refractivity contribution in [2.24, 2.45) is 0 Å². The number of aromatic carboxylic acids is 1. The van der Waals surface area contributed by atoms with Gasteiger partial charge in [0.15, 0.2) is 5.69 Å². The minimum absolute atomic E-state index is 0.257. The second kappa shape index (κ2) is 5.54. The second-order valence-electron chi connectivity index (χ2n) is 3.64. The number of nitro groups is 1. The van der Waals surface area contributed by atoms with Crippen molar-refractivity contribution < 1.29 is 19.6 Å². The average Bonchev–Trinajstić information content (AvgIpc) is 2.41. The Labute approximate surface area is 117 Å². The Hall–Kier alpha value is -2.67. The third-order valence-electron chi connectivity index (χ3n) is 2.28. The van der Waals surface area contributed by atoms with Gasteiger partial charge in [-0.15, -0.1) is 0 Å². The lowest BCUT2D eigenvalue weighted by atomic mass is 10.3. The summed E-state index contributed by atoms with van der Waals surface area (Å²) in [5.74, 6) is -1.44. The standard InChI is InChI=1S/C12H7ClN2O5/c13-7-1-3-8(4-2-7)20-11-10(15(18)19)6-5-9(14-11)12(16)17/h1-6H,(H,16,17). The summed E-state index contributed by atoms with van der Waals surface area (Å²) in [7, 11) is 0. The topological polar surface area (TPSA) is 103 Å². The normalized spacial score (nSPS) is 10.1. The van der Waals surface area contributed by atoms with Crippen molar-refractivity contribution in [1.82, 2.24) is 4.98 Å². The van der Waals surface area contributed by atoms with Crippen LogP contribution in [0.3, 0.4) is 0 Å². The van der Waals surface area contributed by atoms with Gasteiger partial charge < -0.3 is 9.84 Å². The number of benzene rings is 1. The van der Waals surface area contributed by atoms with Gasteiger partial charge in [-0.3, -0.25) is 10.1 Å². The zero-order chi connectivity index (χ0) is 14.7. The molecule has 0 saturated heterocycles. The molecule has 0 radical (unpaired) electrons. The lowest BCUT2D eigenvalue weighted by molar-refractivity contribution is -0.386. The highest BCUT2D eigenvalue weighted by Crippen LogP contribution is 2.30. The molecule has 0 unspecified atom stereocenters. The molecule has 8 heteroatoms. The number of nitrogens with zero attached hydrogens (tertiary/aromatic N) is 2. The summed E-state index contributed by atoms with van der Waals surface area (Å²) >= 11 is 5.71. The molecule has 102 valence electrons. The SMILES string of the molecule is O=C(O)c1ccc([N+](=O)[O-])c(Oc2ccc(Cl)cc2)n1. The largest absolute Gasteiger partial charge is 0.477 e.